The van der Waals surface area contributed by atoms with Crippen molar-refractivity contribution in [2.75, 3.05) is 31.6 Å². The van der Waals surface area contributed by atoms with Gasteiger partial charge in [-0.05, 0) is 41.1 Å². The molecule has 2 aromatic carbocycles. The predicted octanol–water partition coefficient (Wildman–Crippen LogP) is 5.42. The maximum atomic E-state index is 14.9. The van der Waals surface area contributed by atoms with Gasteiger partial charge in [0.25, 0.3) is 0 Å². The minimum absolute atomic E-state index is 0.0546. The Kier molecular flexibility index (Phi) is 7.14. The van der Waals surface area contributed by atoms with E-state index >= 15 is 0 Å². The van der Waals surface area contributed by atoms with Crippen LogP contribution in [0, 0.1) is 10.8 Å². The van der Waals surface area contributed by atoms with Gasteiger partial charge < -0.3 is 15.1 Å². The number of hydrogen-bond acceptors (Lipinski definition) is 6. The van der Waals surface area contributed by atoms with Crippen LogP contribution in [0.15, 0.2) is 48.5 Å². The van der Waals surface area contributed by atoms with E-state index in [4.69, 9.17) is 0 Å². The summed E-state index contributed by atoms with van der Waals surface area (Å²) in [5.74, 6) is 1.99. The van der Waals surface area contributed by atoms with Crippen molar-refractivity contribution in [1.82, 2.24) is 4.90 Å². The van der Waals surface area contributed by atoms with E-state index in [-0.39, 0.29) is 16.3 Å². The molecule has 3 aliphatic rings. The fourth-order valence-electron chi connectivity index (χ4n) is 6.66. The van der Waals surface area contributed by atoms with Crippen molar-refractivity contribution in [1.29, 1.82) is 0 Å². The van der Waals surface area contributed by atoms with Crippen molar-refractivity contribution in [3.05, 3.63) is 70.8 Å². The second-order valence-corrected chi connectivity index (χ2v) is 14.0. The number of carbonyl (C=O) groups excluding carboxylic acids is 1. The Balaban J connectivity index is 1.58. The number of ketones is 1. The molecule has 6 unspecified atom stereocenters. The average molecular weight is 526 g/mol. The van der Waals surface area contributed by atoms with E-state index in [0.717, 1.165) is 11.1 Å². The molecule has 6 heteroatoms. The summed E-state index contributed by atoms with van der Waals surface area (Å²) in [5.41, 5.74) is 2.84. The molecule has 0 amide bonds. The fourth-order valence-corrected chi connectivity index (χ4v) is 9.98. The molecule has 2 aromatic rings. The maximum absolute atomic E-state index is 14.9. The summed E-state index contributed by atoms with van der Waals surface area (Å²) in [5, 5.41) is 22.7. The zero-order valence-corrected chi connectivity index (χ0v) is 23.6. The third kappa shape index (κ3) is 3.99. The number of Topliss-reactive ketones (excluding diaryl/α,β-unsaturated/α-hetero) is 1. The Bertz CT molecular complexity index is 1020. The maximum Gasteiger partial charge on any atom is 0.155 e. The summed E-state index contributed by atoms with van der Waals surface area (Å²) >= 11 is 3.38. The molecule has 3 heterocycles. The van der Waals surface area contributed by atoms with Gasteiger partial charge in [0, 0.05) is 35.1 Å². The number of nitrogens with zero attached hydrogens (tertiary/aromatic N) is 1. The second kappa shape index (κ2) is 9.77. The van der Waals surface area contributed by atoms with Gasteiger partial charge in [-0.1, -0.05) is 76.2 Å². The van der Waals surface area contributed by atoms with Gasteiger partial charge in [-0.25, -0.2) is 0 Å². The monoisotopic (exact) mass is 525 g/mol. The Morgan fingerprint density at radius 1 is 0.750 bits per heavy atom. The first-order valence-corrected chi connectivity index (χ1v) is 15.2. The standard InChI is InChI=1S/C30H39NO3S2/c1-18(2)20-6-10-22(11-7-20)26-29(24(32)14-35-26)16-31(5)17-30(28(29)34)25(33)15-36-27(30)23-12-8-21(9-13-23)19(3)4/h6-13,18-19,24-27,32-33H,14-17H2,1-5H3. The molecule has 4 nitrogen and oxygen atoms in total. The Hall–Kier alpha value is -1.31. The lowest BCUT2D eigenvalue weighted by atomic mass is 9.58. The topological polar surface area (TPSA) is 60.8 Å². The van der Waals surface area contributed by atoms with Crippen LogP contribution in [-0.4, -0.2) is 64.7 Å². The van der Waals surface area contributed by atoms with E-state index in [0.29, 0.717) is 36.4 Å². The molecule has 6 atom stereocenters. The molecule has 3 aliphatic heterocycles. The predicted molar refractivity (Wildman–Crippen MR) is 151 cm³/mol. The van der Waals surface area contributed by atoms with Crippen LogP contribution in [0.2, 0.25) is 0 Å². The lowest BCUT2D eigenvalue weighted by Crippen LogP contribution is -2.66. The van der Waals surface area contributed by atoms with Crippen LogP contribution in [0.25, 0.3) is 0 Å². The zero-order valence-electron chi connectivity index (χ0n) is 22.0. The van der Waals surface area contributed by atoms with Crippen molar-refractivity contribution in [3.8, 4) is 0 Å². The minimum atomic E-state index is -0.945. The number of aliphatic hydroxyl groups excluding tert-OH is 2. The van der Waals surface area contributed by atoms with Gasteiger partial charge in [-0.3, -0.25) is 4.79 Å². The SMILES string of the molecule is CC(C)c1ccc(C2SCC(O)C23CN(C)CC2(C3=O)C(O)CSC2c2ccc(C(C)C)cc2)cc1. The number of piperidine rings is 1. The van der Waals surface area contributed by atoms with E-state index in [9.17, 15) is 15.0 Å². The highest BCUT2D eigenvalue weighted by atomic mass is 32.2. The molecule has 0 aromatic heterocycles. The molecule has 36 heavy (non-hydrogen) atoms. The smallest absolute Gasteiger partial charge is 0.155 e. The van der Waals surface area contributed by atoms with Gasteiger partial charge >= 0.3 is 0 Å². The van der Waals surface area contributed by atoms with Gasteiger partial charge in [0.2, 0.25) is 0 Å². The van der Waals surface area contributed by atoms with Gasteiger partial charge in [-0.15, -0.1) is 23.5 Å². The highest BCUT2D eigenvalue weighted by molar-refractivity contribution is 8.00. The van der Waals surface area contributed by atoms with Gasteiger partial charge in [0.15, 0.2) is 5.78 Å². The molecule has 194 valence electrons. The number of aliphatic hydroxyl groups is 2. The Morgan fingerprint density at radius 3 is 1.44 bits per heavy atom. The van der Waals surface area contributed by atoms with E-state index in [1.54, 1.807) is 23.5 Å². The van der Waals surface area contributed by atoms with Crippen LogP contribution in [-0.2, 0) is 4.79 Å². The molecular weight excluding hydrogens is 486 g/mol. The lowest BCUT2D eigenvalue weighted by Gasteiger charge is -2.53. The first kappa shape index (κ1) is 26.3. The van der Waals surface area contributed by atoms with Crippen LogP contribution in [0.4, 0.5) is 0 Å². The number of rotatable bonds is 4. The molecule has 3 saturated heterocycles. The summed E-state index contributed by atoms with van der Waals surface area (Å²) in [6.07, 6.45) is -1.49. The molecule has 0 saturated carbocycles. The van der Waals surface area contributed by atoms with Crippen molar-refractivity contribution < 1.29 is 15.0 Å². The number of likely N-dealkylation sites (tertiary alicyclic amines) is 1. The van der Waals surface area contributed by atoms with E-state index in [2.05, 4.69) is 81.1 Å². The fraction of sp³-hybridized carbons (Fsp3) is 0.567. The highest BCUT2D eigenvalue weighted by Gasteiger charge is 2.69. The summed E-state index contributed by atoms with van der Waals surface area (Å²) in [6.45, 7) is 9.74. The average Bonchev–Trinajstić information content (AvgIpc) is 3.35. The molecule has 0 bridgehead atoms. The van der Waals surface area contributed by atoms with Crippen molar-refractivity contribution in [2.24, 2.45) is 10.8 Å². The molecule has 3 fully saturated rings. The Labute approximate surface area is 224 Å². The second-order valence-electron chi connectivity index (χ2n) is 11.7. The number of thioether (sulfide) groups is 2. The molecule has 2 N–H and O–H groups in total. The van der Waals surface area contributed by atoms with Gasteiger partial charge in [-0.2, -0.15) is 0 Å². The van der Waals surface area contributed by atoms with E-state index < -0.39 is 23.0 Å². The van der Waals surface area contributed by atoms with Crippen LogP contribution in [0.1, 0.15) is 72.3 Å². The molecule has 0 aliphatic carbocycles. The van der Waals surface area contributed by atoms with Crippen molar-refractivity contribution >= 4 is 29.3 Å². The van der Waals surface area contributed by atoms with Gasteiger partial charge in [0.05, 0.1) is 23.0 Å². The van der Waals surface area contributed by atoms with Crippen LogP contribution in [0.5, 0.6) is 0 Å². The molecule has 5 rings (SSSR count). The summed E-state index contributed by atoms with van der Waals surface area (Å²) in [7, 11) is 2.04. The van der Waals surface area contributed by atoms with Crippen LogP contribution in [0.3, 0.4) is 0 Å². The van der Waals surface area contributed by atoms with Crippen LogP contribution >= 0.6 is 23.5 Å². The van der Waals surface area contributed by atoms with E-state index in [1.807, 2.05) is 7.05 Å². The zero-order chi connectivity index (χ0) is 25.8. The first-order valence-electron chi connectivity index (χ1n) is 13.1. The number of benzene rings is 2. The first-order chi connectivity index (χ1) is 17.1. The number of hydrogen-bond donors (Lipinski definition) is 2. The van der Waals surface area contributed by atoms with Gasteiger partial charge in [0.1, 0.15) is 0 Å². The molecular formula is C30H39NO3S2. The lowest BCUT2D eigenvalue weighted by molar-refractivity contribution is -0.163. The van der Waals surface area contributed by atoms with Crippen molar-refractivity contribution in [3.63, 3.8) is 0 Å². The minimum Gasteiger partial charge on any atom is -0.391 e. The summed E-state index contributed by atoms with van der Waals surface area (Å²) in [4.78, 5) is 17.1. The Morgan fingerprint density at radius 2 is 1.11 bits per heavy atom. The van der Waals surface area contributed by atoms with Crippen LogP contribution < -0.4 is 0 Å². The highest BCUT2D eigenvalue weighted by Crippen LogP contribution is 2.64. The van der Waals surface area contributed by atoms with E-state index in [1.165, 1.54) is 11.1 Å². The number of carbonyl (C=O) groups is 1. The largest absolute Gasteiger partial charge is 0.391 e. The summed E-state index contributed by atoms with van der Waals surface area (Å²) < 4.78 is 0. The quantitative estimate of drug-likeness (QED) is 0.556. The third-order valence-corrected chi connectivity index (χ3v) is 11.8. The molecule has 2 spiro atoms. The third-order valence-electron chi connectivity index (χ3n) is 8.69. The summed E-state index contributed by atoms with van der Waals surface area (Å²) in [6, 6.07) is 17.2. The normalized spacial score (nSPS) is 35.1. The molecule has 0 radical (unpaired) electrons. The van der Waals surface area contributed by atoms with Crippen molar-refractivity contribution in [2.45, 2.75) is 62.2 Å².